The van der Waals surface area contributed by atoms with Crippen molar-refractivity contribution in [3.05, 3.63) is 29.8 Å². The number of rotatable bonds is 7. The van der Waals surface area contributed by atoms with Crippen LogP contribution in [0.25, 0.3) is 0 Å². The maximum absolute atomic E-state index is 8.79. The summed E-state index contributed by atoms with van der Waals surface area (Å²) in [6.07, 6.45) is 4.17. The zero-order chi connectivity index (χ0) is 11.8. The number of hydrogen-bond donors (Lipinski definition) is 2. The number of aryl methyl sites for hydroxylation is 1. The van der Waals surface area contributed by atoms with E-state index in [1.165, 1.54) is 17.7 Å². The summed E-state index contributed by atoms with van der Waals surface area (Å²) in [4.78, 5) is 0. The first-order valence-corrected chi connectivity index (χ1v) is 6.23. The average Bonchev–Trinajstić information content (AvgIpc) is 2.29. The second-order valence-corrected chi connectivity index (χ2v) is 4.32. The smallest absolute Gasteiger partial charge is 0.0431 e. The maximum atomic E-state index is 8.79. The summed E-state index contributed by atoms with van der Waals surface area (Å²) in [5.41, 5.74) is 2.63. The van der Waals surface area contributed by atoms with Gasteiger partial charge >= 0.3 is 0 Å². The quantitative estimate of drug-likeness (QED) is 0.741. The van der Waals surface area contributed by atoms with E-state index in [-0.39, 0.29) is 6.61 Å². The average molecular weight is 221 g/mol. The molecular weight excluding hydrogens is 198 g/mol. The summed E-state index contributed by atoms with van der Waals surface area (Å²) < 4.78 is 0. The van der Waals surface area contributed by atoms with Crippen LogP contribution in [0.4, 0.5) is 5.69 Å². The lowest BCUT2D eigenvalue weighted by Crippen LogP contribution is -2.16. The van der Waals surface area contributed by atoms with Crippen molar-refractivity contribution in [2.24, 2.45) is 0 Å². The second-order valence-electron chi connectivity index (χ2n) is 4.32. The predicted molar refractivity (Wildman–Crippen MR) is 69.8 cm³/mol. The fourth-order valence-electron chi connectivity index (χ4n) is 1.88. The lowest BCUT2D eigenvalue weighted by Gasteiger charge is -2.17. The monoisotopic (exact) mass is 221 g/mol. The minimum atomic E-state index is 0.280. The molecule has 0 amide bonds. The highest BCUT2D eigenvalue weighted by Crippen LogP contribution is 2.18. The molecule has 2 nitrogen and oxygen atoms in total. The molecule has 0 fully saturated rings. The molecule has 90 valence electrons. The highest BCUT2D eigenvalue weighted by atomic mass is 16.2. The van der Waals surface area contributed by atoms with Crippen LogP contribution in [0.1, 0.15) is 38.7 Å². The van der Waals surface area contributed by atoms with Crippen molar-refractivity contribution in [1.82, 2.24) is 0 Å². The molecule has 16 heavy (non-hydrogen) atoms. The normalized spacial score (nSPS) is 12.4. The molecule has 0 spiro atoms. The molecule has 0 heterocycles. The Morgan fingerprint density at radius 3 is 2.75 bits per heavy atom. The molecule has 0 saturated heterocycles. The molecule has 1 aromatic carbocycles. The summed E-state index contributed by atoms with van der Waals surface area (Å²) in [6, 6.07) is 8.91. The van der Waals surface area contributed by atoms with Crippen LogP contribution in [0.15, 0.2) is 24.3 Å². The van der Waals surface area contributed by atoms with Gasteiger partial charge in [0, 0.05) is 18.3 Å². The Morgan fingerprint density at radius 1 is 1.31 bits per heavy atom. The number of hydrogen-bond acceptors (Lipinski definition) is 2. The van der Waals surface area contributed by atoms with Gasteiger partial charge in [-0.3, -0.25) is 0 Å². The van der Waals surface area contributed by atoms with Gasteiger partial charge in [-0.2, -0.15) is 0 Å². The number of nitrogens with one attached hydrogen (secondary N) is 1. The summed E-state index contributed by atoms with van der Waals surface area (Å²) >= 11 is 0. The minimum absolute atomic E-state index is 0.280. The molecule has 0 aliphatic carbocycles. The Bertz CT molecular complexity index is 299. The van der Waals surface area contributed by atoms with Crippen molar-refractivity contribution in [3.8, 4) is 0 Å². The first-order chi connectivity index (χ1) is 7.77. The van der Waals surface area contributed by atoms with Gasteiger partial charge in [0.05, 0.1) is 0 Å². The highest BCUT2D eigenvalue weighted by molar-refractivity contribution is 5.51. The SMILES string of the molecule is CCCc1ccccc1NC(C)CCCO. The van der Waals surface area contributed by atoms with Crippen LogP contribution in [-0.2, 0) is 6.42 Å². The topological polar surface area (TPSA) is 32.3 Å². The van der Waals surface area contributed by atoms with E-state index in [0.29, 0.717) is 6.04 Å². The van der Waals surface area contributed by atoms with E-state index in [1.807, 2.05) is 0 Å². The van der Waals surface area contributed by atoms with E-state index in [2.05, 4.69) is 43.4 Å². The molecule has 0 radical (unpaired) electrons. The largest absolute Gasteiger partial charge is 0.396 e. The van der Waals surface area contributed by atoms with Crippen LogP contribution >= 0.6 is 0 Å². The zero-order valence-electron chi connectivity index (χ0n) is 10.4. The van der Waals surface area contributed by atoms with E-state index in [9.17, 15) is 0 Å². The molecule has 1 aromatic rings. The third-order valence-electron chi connectivity index (χ3n) is 2.73. The van der Waals surface area contributed by atoms with Crippen LogP contribution < -0.4 is 5.32 Å². The van der Waals surface area contributed by atoms with Crippen molar-refractivity contribution in [3.63, 3.8) is 0 Å². The predicted octanol–water partition coefficient (Wildman–Crippen LogP) is 3.21. The second kappa shape index (κ2) is 7.29. The van der Waals surface area contributed by atoms with Crippen molar-refractivity contribution in [2.45, 2.75) is 45.6 Å². The zero-order valence-corrected chi connectivity index (χ0v) is 10.4. The Kier molecular flexibility index (Phi) is 5.94. The molecule has 2 N–H and O–H groups in total. The lowest BCUT2D eigenvalue weighted by molar-refractivity contribution is 0.282. The lowest BCUT2D eigenvalue weighted by atomic mass is 10.1. The number of benzene rings is 1. The van der Waals surface area contributed by atoms with Gasteiger partial charge in [-0.05, 0) is 37.8 Å². The summed E-state index contributed by atoms with van der Waals surface area (Å²) in [5.74, 6) is 0. The molecule has 0 aliphatic heterocycles. The van der Waals surface area contributed by atoms with Gasteiger partial charge in [0.15, 0.2) is 0 Å². The van der Waals surface area contributed by atoms with Gasteiger partial charge in [0.2, 0.25) is 0 Å². The number of aliphatic hydroxyl groups excluding tert-OH is 1. The van der Waals surface area contributed by atoms with E-state index < -0.39 is 0 Å². The summed E-state index contributed by atoms with van der Waals surface area (Å²) in [5, 5.41) is 12.3. The fraction of sp³-hybridized carbons (Fsp3) is 0.571. The minimum Gasteiger partial charge on any atom is -0.396 e. The molecular formula is C14H23NO. The Labute approximate surface area is 98.7 Å². The van der Waals surface area contributed by atoms with Gasteiger partial charge in [-0.1, -0.05) is 31.5 Å². The molecule has 0 saturated carbocycles. The molecule has 1 unspecified atom stereocenters. The van der Waals surface area contributed by atoms with Crippen LogP contribution in [0.2, 0.25) is 0 Å². The highest BCUT2D eigenvalue weighted by Gasteiger charge is 2.04. The van der Waals surface area contributed by atoms with E-state index >= 15 is 0 Å². The van der Waals surface area contributed by atoms with Crippen LogP contribution in [0.3, 0.4) is 0 Å². The van der Waals surface area contributed by atoms with Gasteiger partial charge < -0.3 is 10.4 Å². The van der Waals surface area contributed by atoms with Crippen molar-refractivity contribution in [2.75, 3.05) is 11.9 Å². The summed E-state index contributed by atoms with van der Waals surface area (Å²) in [7, 11) is 0. The Hall–Kier alpha value is -1.02. The Morgan fingerprint density at radius 2 is 2.06 bits per heavy atom. The van der Waals surface area contributed by atoms with Crippen LogP contribution in [0, 0.1) is 0 Å². The van der Waals surface area contributed by atoms with Gasteiger partial charge in [0.1, 0.15) is 0 Å². The standard InChI is InChI=1S/C14H23NO/c1-3-7-13-9-4-5-10-14(13)15-12(2)8-6-11-16/h4-5,9-10,12,15-16H,3,6-8,11H2,1-2H3. The number of aliphatic hydroxyl groups is 1. The van der Waals surface area contributed by atoms with Crippen LogP contribution in [-0.4, -0.2) is 17.8 Å². The number of anilines is 1. The number of para-hydroxylation sites is 1. The Balaban J connectivity index is 2.57. The molecule has 1 atom stereocenters. The van der Waals surface area contributed by atoms with E-state index in [0.717, 1.165) is 19.3 Å². The first-order valence-electron chi connectivity index (χ1n) is 6.23. The molecule has 0 aliphatic rings. The molecule has 2 heteroatoms. The van der Waals surface area contributed by atoms with Crippen LogP contribution in [0.5, 0.6) is 0 Å². The fourth-order valence-corrected chi connectivity index (χ4v) is 1.88. The van der Waals surface area contributed by atoms with Crippen molar-refractivity contribution >= 4 is 5.69 Å². The van der Waals surface area contributed by atoms with Gasteiger partial charge in [0.25, 0.3) is 0 Å². The maximum Gasteiger partial charge on any atom is 0.0431 e. The van der Waals surface area contributed by atoms with E-state index in [1.54, 1.807) is 0 Å². The summed E-state index contributed by atoms with van der Waals surface area (Å²) in [6.45, 7) is 4.65. The van der Waals surface area contributed by atoms with Gasteiger partial charge in [-0.25, -0.2) is 0 Å². The van der Waals surface area contributed by atoms with Crippen molar-refractivity contribution < 1.29 is 5.11 Å². The third kappa shape index (κ3) is 4.23. The van der Waals surface area contributed by atoms with Gasteiger partial charge in [-0.15, -0.1) is 0 Å². The van der Waals surface area contributed by atoms with Crippen molar-refractivity contribution in [1.29, 1.82) is 0 Å². The molecule has 1 rings (SSSR count). The molecule has 0 bridgehead atoms. The molecule has 0 aromatic heterocycles. The van der Waals surface area contributed by atoms with E-state index in [4.69, 9.17) is 5.11 Å². The first kappa shape index (κ1) is 13.0. The third-order valence-corrected chi connectivity index (χ3v) is 2.73.